The highest BCUT2D eigenvalue weighted by Gasteiger charge is 2.44. The molecule has 0 saturated carbocycles. The number of aromatic nitrogens is 2. The largest absolute Gasteiger partial charge is 0.465 e. The summed E-state index contributed by atoms with van der Waals surface area (Å²) in [4.78, 5) is 15.4. The normalized spacial score (nSPS) is 15.0. The molecule has 1 saturated heterocycles. The second-order valence-corrected chi connectivity index (χ2v) is 15.7. The molecule has 0 unspecified atom stereocenters. The van der Waals surface area contributed by atoms with Gasteiger partial charge in [0, 0.05) is 51.4 Å². The van der Waals surface area contributed by atoms with Crippen LogP contribution in [-0.4, -0.2) is 55.3 Å². The number of amides is 1. The van der Waals surface area contributed by atoms with Crippen molar-refractivity contribution in [1.29, 1.82) is 0 Å². The maximum absolute atomic E-state index is 14.8. The SMILES string of the molecule is CCOC1(c2cn(COCC[Si](C)(C)C)c3nccc(Oc4c(F)cc(NC(=O)O)cc4F)c23)COC1. The molecule has 9 nitrogen and oxygen atoms in total. The van der Waals surface area contributed by atoms with E-state index in [1.165, 1.54) is 12.3 Å². The minimum absolute atomic E-state index is 0.170. The number of fused-ring (bicyclic) bond motifs is 1. The lowest BCUT2D eigenvalue weighted by atomic mass is 9.91. The molecule has 2 N–H and O–H groups in total. The smallest absolute Gasteiger partial charge is 0.409 e. The summed E-state index contributed by atoms with van der Waals surface area (Å²) in [7, 11) is -1.27. The number of carboxylic acid groups (broad SMARTS) is 1. The number of carbonyl (C=O) groups is 1. The van der Waals surface area contributed by atoms with Gasteiger partial charge in [0.05, 0.1) is 24.3 Å². The van der Waals surface area contributed by atoms with E-state index in [9.17, 15) is 13.6 Å². The summed E-state index contributed by atoms with van der Waals surface area (Å²) in [6.45, 7) is 10.6. The van der Waals surface area contributed by atoms with Crippen LogP contribution in [0, 0.1) is 11.6 Å². The maximum atomic E-state index is 14.8. The molecule has 0 spiro atoms. The van der Waals surface area contributed by atoms with E-state index in [0.717, 1.165) is 23.7 Å². The van der Waals surface area contributed by atoms with Crippen molar-refractivity contribution in [1.82, 2.24) is 9.55 Å². The minimum atomic E-state index is -1.44. The van der Waals surface area contributed by atoms with Crippen LogP contribution in [0.15, 0.2) is 30.6 Å². The first-order valence-corrected chi connectivity index (χ1v) is 15.7. The van der Waals surface area contributed by atoms with Gasteiger partial charge in [-0.2, -0.15) is 0 Å². The number of rotatable bonds is 11. The van der Waals surface area contributed by atoms with E-state index in [0.29, 0.717) is 37.5 Å². The van der Waals surface area contributed by atoms with Crippen molar-refractivity contribution in [3.63, 3.8) is 0 Å². The molecule has 1 amide bonds. The molecule has 2 aromatic heterocycles. The van der Waals surface area contributed by atoms with Crippen molar-refractivity contribution < 1.29 is 37.6 Å². The van der Waals surface area contributed by atoms with E-state index in [1.54, 1.807) is 0 Å². The molecule has 3 aromatic rings. The lowest BCUT2D eigenvalue weighted by Crippen LogP contribution is -2.49. The van der Waals surface area contributed by atoms with Crippen LogP contribution in [-0.2, 0) is 26.5 Å². The molecular formula is C25H31F2N3O6Si. The van der Waals surface area contributed by atoms with Gasteiger partial charge >= 0.3 is 6.09 Å². The predicted octanol–water partition coefficient (Wildman–Crippen LogP) is 5.77. The van der Waals surface area contributed by atoms with E-state index < -0.39 is 37.2 Å². The lowest BCUT2D eigenvalue weighted by Gasteiger charge is -2.41. The number of ether oxygens (including phenoxy) is 4. The van der Waals surface area contributed by atoms with Crippen LogP contribution < -0.4 is 10.1 Å². The Bertz CT molecular complexity index is 1270. The van der Waals surface area contributed by atoms with Crippen LogP contribution in [0.1, 0.15) is 12.5 Å². The average Bonchev–Trinajstić information content (AvgIpc) is 3.15. The molecule has 200 valence electrons. The van der Waals surface area contributed by atoms with Crippen LogP contribution in [0.3, 0.4) is 0 Å². The van der Waals surface area contributed by atoms with Gasteiger partial charge in [0.25, 0.3) is 0 Å². The highest BCUT2D eigenvalue weighted by atomic mass is 28.3. The van der Waals surface area contributed by atoms with Crippen LogP contribution in [0.5, 0.6) is 11.5 Å². The van der Waals surface area contributed by atoms with Gasteiger partial charge < -0.3 is 28.6 Å². The second-order valence-electron chi connectivity index (χ2n) is 10.1. The van der Waals surface area contributed by atoms with Crippen molar-refractivity contribution in [2.75, 3.05) is 31.7 Å². The number of hydrogen-bond donors (Lipinski definition) is 2. The quantitative estimate of drug-likeness (QED) is 0.237. The number of nitrogens with one attached hydrogen (secondary N) is 1. The highest BCUT2D eigenvalue weighted by Crippen LogP contribution is 2.43. The van der Waals surface area contributed by atoms with E-state index in [2.05, 4.69) is 24.6 Å². The Morgan fingerprint density at radius 2 is 1.97 bits per heavy atom. The van der Waals surface area contributed by atoms with Gasteiger partial charge in [0.2, 0.25) is 0 Å². The molecule has 12 heteroatoms. The van der Waals surface area contributed by atoms with E-state index in [-0.39, 0.29) is 18.2 Å². The molecular weight excluding hydrogens is 504 g/mol. The zero-order valence-corrected chi connectivity index (χ0v) is 22.3. The third-order valence-corrected chi connectivity index (χ3v) is 7.69. The van der Waals surface area contributed by atoms with Gasteiger partial charge in [0.1, 0.15) is 23.7 Å². The number of nitrogens with zero attached hydrogens (tertiary/aromatic N) is 2. The zero-order valence-electron chi connectivity index (χ0n) is 21.3. The maximum Gasteiger partial charge on any atom is 0.409 e. The van der Waals surface area contributed by atoms with E-state index >= 15 is 0 Å². The number of benzene rings is 1. The molecule has 1 aliphatic rings. The number of halogens is 2. The molecule has 1 aromatic carbocycles. The Kier molecular flexibility index (Phi) is 7.83. The Labute approximate surface area is 214 Å². The van der Waals surface area contributed by atoms with Gasteiger partial charge in [-0.3, -0.25) is 5.32 Å². The van der Waals surface area contributed by atoms with Crippen LogP contribution in [0.25, 0.3) is 11.0 Å². The third-order valence-electron chi connectivity index (χ3n) is 5.99. The van der Waals surface area contributed by atoms with Gasteiger partial charge in [-0.15, -0.1) is 0 Å². The lowest BCUT2D eigenvalue weighted by molar-refractivity contribution is -0.213. The van der Waals surface area contributed by atoms with Gasteiger partial charge in [-0.05, 0) is 19.0 Å². The molecule has 3 heterocycles. The van der Waals surface area contributed by atoms with Gasteiger partial charge in [0.15, 0.2) is 17.4 Å². The first kappa shape index (κ1) is 27.0. The summed E-state index contributed by atoms with van der Waals surface area (Å²) < 4.78 is 54.7. The molecule has 0 radical (unpaired) electrons. The first-order chi connectivity index (χ1) is 17.5. The van der Waals surface area contributed by atoms with Crippen molar-refractivity contribution in [2.24, 2.45) is 0 Å². The standard InChI is InChI=1S/C25H31F2N3O6Si/c1-5-35-25(13-34-14-25)17-12-30(15-33-8-9-37(2,3)4)23-21(17)20(6-7-28-23)36-22-18(26)10-16(11-19(22)27)29-24(31)32/h6-7,10-12,29H,5,8-9,13-15H2,1-4H3,(H,31,32). The molecule has 37 heavy (non-hydrogen) atoms. The van der Waals surface area contributed by atoms with Crippen molar-refractivity contribution in [3.05, 3.63) is 47.8 Å². The third kappa shape index (κ3) is 5.93. The molecule has 0 aliphatic carbocycles. The number of hydrogen-bond acceptors (Lipinski definition) is 6. The minimum Gasteiger partial charge on any atom is -0.465 e. The Morgan fingerprint density at radius 1 is 1.27 bits per heavy atom. The Hall–Kier alpha value is -3.06. The van der Waals surface area contributed by atoms with Crippen molar-refractivity contribution in [2.45, 2.75) is 44.9 Å². The Morgan fingerprint density at radius 3 is 2.54 bits per heavy atom. The molecule has 4 rings (SSSR count). The fraction of sp³-hybridized carbons (Fsp3) is 0.440. The summed E-state index contributed by atoms with van der Waals surface area (Å²) in [6, 6.07) is 4.22. The first-order valence-electron chi connectivity index (χ1n) is 12.0. The second kappa shape index (κ2) is 10.7. The van der Waals surface area contributed by atoms with Gasteiger partial charge in [-0.1, -0.05) is 19.6 Å². The van der Waals surface area contributed by atoms with Crippen molar-refractivity contribution >= 4 is 30.9 Å². The average molecular weight is 536 g/mol. The molecule has 1 fully saturated rings. The predicted molar refractivity (Wildman–Crippen MR) is 136 cm³/mol. The number of anilines is 1. The highest BCUT2D eigenvalue weighted by molar-refractivity contribution is 6.76. The fourth-order valence-electron chi connectivity index (χ4n) is 4.10. The summed E-state index contributed by atoms with van der Waals surface area (Å²) in [5.74, 6) is -2.61. The van der Waals surface area contributed by atoms with E-state index in [4.69, 9.17) is 24.1 Å². The van der Waals surface area contributed by atoms with Crippen LogP contribution in [0.2, 0.25) is 25.7 Å². The number of pyridine rings is 1. The van der Waals surface area contributed by atoms with Gasteiger partial charge in [-0.25, -0.2) is 18.6 Å². The monoisotopic (exact) mass is 535 g/mol. The summed E-state index contributed by atoms with van der Waals surface area (Å²) >= 11 is 0. The Balaban J connectivity index is 1.74. The molecule has 0 bridgehead atoms. The van der Waals surface area contributed by atoms with Crippen LogP contribution in [0.4, 0.5) is 19.3 Å². The zero-order chi connectivity index (χ0) is 26.8. The van der Waals surface area contributed by atoms with Crippen molar-refractivity contribution in [3.8, 4) is 11.5 Å². The summed E-state index contributed by atoms with van der Waals surface area (Å²) in [5, 5.41) is 11.3. The summed E-state index contributed by atoms with van der Waals surface area (Å²) in [6.07, 6.45) is 1.91. The fourth-order valence-corrected chi connectivity index (χ4v) is 4.86. The molecule has 0 atom stereocenters. The topological polar surface area (TPSA) is 104 Å². The summed E-state index contributed by atoms with van der Waals surface area (Å²) in [5.41, 5.74) is 0.220. The molecule has 1 aliphatic heterocycles. The van der Waals surface area contributed by atoms with Crippen LogP contribution >= 0.6 is 0 Å². The van der Waals surface area contributed by atoms with E-state index in [1.807, 2.05) is 23.0 Å².